The van der Waals surface area contributed by atoms with Gasteiger partial charge in [0.25, 0.3) is 5.91 Å². The third-order valence-corrected chi connectivity index (χ3v) is 5.84. The maximum absolute atomic E-state index is 13.0. The topological polar surface area (TPSA) is 56.5 Å². The maximum atomic E-state index is 13.0. The zero-order chi connectivity index (χ0) is 23.3. The number of likely N-dealkylation sites (tertiary alicyclic amines) is 1. The Morgan fingerprint density at radius 3 is 2.44 bits per heavy atom. The van der Waals surface area contributed by atoms with Gasteiger partial charge in [-0.05, 0) is 49.1 Å². The van der Waals surface area contributed by atoms with Gasteiger partial charge in [0.2, 0.25) is 0 Å². The quantitative estimate of drug-likeness (QED) is 0.449. The van der Waals surface area contributed by atoms with E-state index in [0.29, 0.717) is 28.4 Å². The molecule has 4 nitrogen and oxygen atoms in total. The number of para-hydroxylation sites is 1. The van der Waals surface area contributed by atoms with Crippen molar-refractivity contribution in [3.05, 3.63) is 64.7 Å². The molecular formula is C24H25ClF3N3O. The fourth-order valence-corrected chi connectivity index (χ4v) is 4.05. The van der Waals surface area contributed by atoms with Gasteiger partial charge in [-0.1, -0.05) is 49.2 Å². The first-order valence-corrected chi connectivity index (χ1v) is 11.0. The van der Waals surface area contributed by atoms with Crippen LogP contribution in [0.1, 0.15) is 54.9 Å². The summed E-state index contributed by atoms with van der Waals surface area (Å²) in [6.45, 7) is 2.81. The molecule has 2 aromatic rings. The number of carbonyl (C=O) groups is 1. The van der Waals surface area contributed by atoms with E-state index in [-0.39, 0.29) is 17.7 Å². The monoisotopic (exact) mass is 463 g/mol. The van der Waals surface area contributed by atoms with Crippen molar-refractivity contribution in [2.45, 2.75) is 51.2 Å². The Hall–Kier alpha value is -2.67. The summed E-state index contributed by atoms with van der Waals surface area (Å²) in [6.07, 6.45) is -1.53. The van der Waals surface area contributed by atoms with Crippen LogP contribution >= 0.6 is 11.6 Å². The van der Waals surface area contributed by atoms with Gasteiger partial charge >= 0.3 is 6.18 Å². The molecule has 1 aliphatic heterocycles. The minimum Gasteiger partial charge on any atom is -0.336 e. The molecule has 1 amide bonds. The molecule has 1 aliphatic rings. The molecule has 1 unspecified atom stereocenters. The van der Waals surface area contributed by atoms with E-state index in [4.69, 9.17) is 17.0 Å². The molecule has 0 aromatic heterocycles. The second kappa shape index (κ2) is 10.3. The summed E-state index contributed by atoms with van der Waals surface area (Å²) in [5.74, 6) is -0.0693. The van der Waals surface area contributed by atoms with Crippen molar-refractivity contribution in [2.75, 3.05) is 6.54 Å². The molecule has 1 saturated heterocycles. The highest BCUT2D eigenvalue weighted by atomic mass is 35.5. The number of benzene rings is 2. The molecule has 0 saturated carbocycles. The number of hydrogen-bond acceptors (Lipinski definition) is 3. The van der Waals surface area contributed by atoms with Gasteiger partial charge in [-0.2, -0.15) is 13.2 Å². The molecular weight excluding hydrogens is 439 g/mol. The third-order valence-electron chi connectivity index (χ3n) is 5.52. The number of amides is 1. The minimum absolute atomic E-state index is 0.0597. The maximum Gasteiger partial charge on any atom is 0.429 e. The molecule has 1 fully saturated rings. The largest absolute Gasteiger partial charge is 0.429 e. The minimum atomic E-state index is -4.75. The highest BCUT2D eigenvalue weighted by Gasteiger charge is 2.35. The van der Waals surface area contributed by atoms with Gasteiger partial charge in [0.1, 0.15) is 5.71 Å². The summed E-state index contributed by atoms with van der Waals surface area (Å²) in [5, 5.41) is 7.72. The summed E-state index contributed by atoms with van der Waals surface area (Å²) < 4.78 is 39.1. The lowest BCUT2D eigenvalue weighted by molar-refractivity contribution is -0.0605. The van der Waals surface area contributed by atoms with Gasteiger partial charge in [-0.25, -0.2) is 0 Å². The van der Waals surface area contributed by atoms with E-state index in [0.717, 1.165) is 25.7 Å². The van der Waals surface area contributed by atoms with Crippen LogP contribution in [0.2, 0.25) is 5.02 Å². The molecule has 0 bridgehead atoms. The van der Waals surface area contributed by atoms with Crippen LogP contribution in [0, 0.1) is 5.41 Å². The zero-order valence-corrected chi connectivity index (χ0v) is 18.5. The van der Waals surface area contributed by atoms with Crippen LogP contribution < -0.4 is 0 Å². The van der Waals surface area contributed by atoms with Crippen molar-refractivity contribution in [1.82, 2.24) is 4.90 Å². The van der Waals surface area contributed by atoms with Gasteiger partial charge in [0, 0.05) is 24.6 Å². The molecule has 1 heterocycles. The van der Waals surface area contributed by atoms with E-state index in [2.05, 4.69) is 11.9 Å². The molecule has 32 heavy (non-hydrogen) atoms. The van der Waals surface area contributed by atoms with Gasteiger partial charge < -0.3 is 10.3 Å². The van der Waals surface area contributed by atoms with Crippen molar-refractivity contribution in [2.24, 2.45) is 4.99 Å². The van der Waals surface area contributed by atoms with Crippen molar-refractivity contribution in [1.29, 1.82) is 5.41 Å². The first kappa shape index (κ1) is 24.0. The predicted octanol–water partition coefficient (Wildman–Crippen LogP) is 6.84. The Labute approximate surface area is 190 Å². The molecule has 8 heteroatoms. The number of alkyl halides is 3. The zero-order valence-electron chi connectivity index (χ0n) is 17.8. The molecule has 2 aromatic carbocycles. The number of carbonyl (C=O) groups excluding carboxylic acids is 1. The Kier molecular flexibility index (Phi) is 7.72. The molecule has 1 atom stereocenters. The van der Waals surface area contributed by atoms with Gasteiger partial charge in [0.05, 0.1) is 16.4 Å². The van der Waals surface area contributed by atoms with Crippen molar-refractivity contribution in [3.8, 4) is 0 Å². The lowest BCUT2D eigenvalue weighted by Gasteiger charge is -2.24. The SMILES string of the molecule is CCCC1CCCN1C(=O)c1ccc(C(CC(=N)C(F)(F)F)=Nc2ccccc2Cl)cc1. The van der Waals surface area contributed by atoms with Crippen molar-refractivity contribution >= 4 is 34.6 Å². The number of nitrogens with zero attached hydrogens (tertiary/aromatic N) is 2. The molecule has 0 aliphatic carbocycles. The van der Waals surface area contributed by atoms with Gasteiger partial charge in [-0.3, -0.25) is 9.79 Å². The Morgan fingerprint density at radius 2 is 1.81 bits per heavy atom. The third kappa shape index (κ3) is 5.76. The Bertz CT molecular complexity index is 1000. The smallest absolute Gasteiger partial charge is 0.336 e. The van der Waals surface area contributed by atoms with E-state index in [9.17, 15) is 18.0 Å². The number of rotatable bonds is 7. The van der Waals surface area contributed by atoms with E-state index in [1.54, 1.807) is 48.5 Å². The van der Waals surface area contributed by atoms with Crippen molar-refractivity contribution < 1.29 is 18.0 Å². The van der Waals surface area contributed by atoms with Gasteiger partial charge in [-0.15, -0.1) is 0 Å². The highest BCUT2D eigenvalue weighted by molar-refractivity contribution is 6.33. The lowest BCUT2D eigenvalue weighted by atomic mass is 10.0. The molecule has 0 spiro atoms. The fraction of sp³-hybridized carbons (Fsp3) is 0.375. The number of aliphatic imine (C=N–C) groups is 1. The predicted molar refractivity (Wildman–Crippen MR) is 121 cm³/mol. The molecule has 1 N–H and O–H groups in total. The van der Waals surface area contributed by atoms with E-state index in [1.807, 2.05) is 4.90 Å². The fourth-order valence-electron chi connectivity index (χ4n) is 3.87. The van der Waals surface area contributed by atoms with E-state index in [1.165, 1.54) is 0 Å². The molecule has 0 radical (unpaired) electrons. The summed E-state index contributed by atoms with van der Waals surface area (Å²) >= 11 is 6.13. The summed E-state index contributed by atoms with van der Waals surface area (Å²) in [6, 6.07) is 13.2. The molecule has 3 rings (SSSR count). The van der Waals surface area contributed by atoms with Crippen LogP contribution in [0.25, 0.3) is 0 Å². The van der Waals surface area contributed by atoms with Crippen LogP contribution in [0.5, 0.6) is 0 Å². The average molecular weight is 464 g/mol. The van der Waals surface area contributed by atoms with Gasteiger partial charge in [0.15, 0.2) is 0 Å². The Balaban J connectivity index is 1.89. The average Bonchev–Trinajstić information content (AvgIpc) is 3.22. The van der Waals surface area contributed by atoms with E-state index < -0.39 is 18.3 Å². The van der Waals surface area contributed by atoms with Crippen LogP contribution in [0.15, 0.2) is 53.5 Å². The molecule has 170 valence electrons. The van der Waals surface area contributed by atoms with Crippen LogP contribution in [0.3, 0.4) is 0 Å². The van der Waals surface area contributed by atoms with E-state index >= 15 is 0 Å². The second-order valence-electron chi connectivity index (χ2n) is 7.82. The number of halogens is 4. The first-order chi connectivity index (χ1) is 15.2. The number of nitrogens with one attached hydrogen (secondary N) is 1. The first-order valence-electron chi connectivity index (χ1n) is 10.6. The van der Waals surface area contributed by atoms with Crippen molar-refractivity contribution in [3.63, 3.8) is 0 Å². The summed E-state index contributed by atoms with van der Waals surface area (Å²) in [5.41, 5.74) is -0.132. The summed E-state index contributed by atoms with van der Waals surface area (Å²) in [7, 11) is 0. The van der Waals surface area contributed by atoms with Crippen LogP contribution in [-0.4, -0.2) is 41.0 Å². The second-order valence-corrected chi connectivity index (χ2v) is 8.23. The standard InChI is InChI=1S/C24H25ClF3N3O/c1-2-6-18-7-5-14-31(18)23(32)17-12-10-16(11-13-17)21(15-22(29)24(26,27)28)30-20-9-4-3-8-19(20)25/h3-4,8-13,18,29H,2,5-7,14-15H2,1H3. The van der Waals surface area contributed by atoms with Crippen LogP contribution in [0.4, 0.5) is 18.9 Å². The van der Waals surface area contributed by atoms with Crippen LogP contribution in [-0.2, 0) is 0 Å². The normalized spacial score (nSPS) is 17.0. The number of hydrogen-bond donors (Lipinski definition) is 1. The Morgan fingerprint density at radius 1 is 1.16 bits per heavy atom. The lowest BCUT2D eigenvalue weighted by Crippen LogP contribution is -2.35. The highest BCUT2D eigenvalue weighted by Crippen LogP contribution is 2.28. The summed E-state index contributed by atoms with van der Waals surface area (Å²) in [4.78, 5) is 19.2.